The normalized spacial score (nSPS) is 7.97. The maximum Gasteiger partial charge on any atom is 3.00 e. The number of hydrogen-bond acceptors (Lipinski definition) is 9. The molecular weight excluding hydrogens is 450 g/mol. The van der Waals surface area contributed by atoms with E-state index in [0.717, 1.165) is 0 Å². The van der Waals surface area contributed by atoms with Crippen molar-refractivity contribution in [3.05, 3.63) is 0 Å². The van der Waals surface area contributed by atoms with Crippen molar-refractivity contribution in [2.24, 2.45) is 0 Å². The molecule has 0 fully saturated rings. The van der Waals surface area contributed by atoms with E-state index in [2.05, 4.69) is 0 Å². The zero-order chi connectivity index (χ0) is 25.7. The Morgan fingerprint density at radius 3 is 0.594 bits per heavy atom. The third kappa shape index (κ3) is 338. The number of carboxylic acids is 3. The van der Waals surface area contributed by atoms with Gasteiger partial charge in [-0.25, -0.2) is 0 Å². The van der Waals surface area contributed by atoms with Gasteiger partial charge in [0.05, 0.1) is 0 Å². The van der Waals surface area contributed by atoms with Crippen LogP contribution in [0.1, 0.15) is 101 Å². The van der Waals surface area contributed by atoms with Crippen molar-refractivity contribution in [1.29, 1.82) is 0 Å². The zero-order valence-corrected chi connectivity index (χ0v) is 23.6. The number of carboxylic acid groups (broad SMARTS) is 3. The SMILES string of the molecule is CC(C)[O-].CC(C)[O-].CC(C)[O-].CCCC(=O)[O-].CCCC(=O)[O-].CCCC(=O)[O-].[Al+3].[Al+3]. The van der Waals surface area contributed by atoms with Gasteiger partial charge in [0.2, 0.25) is 0 Å². The van der Waals surface area contributed by atoms with Crippen molar-refractivity contribution in [3.63, 3.8) is 0 Å². The van der Waals surface area contributed by atoms with Gasteiger partial charge < -0.3 is 45.0 Å². The van der Waals surface area contributed by atoms with E-state index < -0.39 is 36.2 Å². The second kappa shape index (κ2) is 48.0. The van der Waals surface area contributed by atoms with Crippen LogP contribution in [0.3, 0.4) is 0 Å². The topological polar surface area (TPSA) is 190 Å². The first-order valence-corrected chi connectivity index (χ1v) is 10.1. The minimum absolute atomic E-state index is 0. The fraction of sp³-hybridized carbons (Fsp3) is 0.857. The van der Waals surface area contributed by atoms with E-state index in [1.165, 1.54) is 0 Å². The van der Waals surface area contributed by atoms with Gasteiger partial charge in [-0.15, -0.1) is 18.3 Å². The first-order valence-electron chi connectivity index (χ1n) is 10.1. The molecule has 0 bridgehead atoms. The maximum absolute atomic E-state index is 9.53. The predicted octanol–water partition coefficient (Wildman–Crippen LogP) is -2.89. The molecule has 0 aliphatic carbocycles. The third-order valence-electron chi connectivity index (χ3n) is 1.36. The molecule has 0 aromatic carbocycles. The minimum atomic E-state index is -0.961. The molecule has 0 aromatic heterocycles. The Bertz CT molecular complexity index is 292. The summed E-state index contributed by atoms with van der Waals surface area (Å²) in [5, 5.41) is 57.0. The molecule has 9 nitrogen and oxygen atoms in total. The summed E-state index contributed by atoms with van der Waals surface area (Å²) >= 11 is 0. The van der Waals surface area contributed by atoms with Crippen LogP contribution in [0.15, 0.2) is 0 Å². The molecule has 0 N–H and O–H groups in total. The van der Waals surface area contributed by atoms with E-state index in [1.807, 2.05) is 0 Å². The molecule has 0 rings (SSSR count). The Morgan fingerprint density at radius 2 is 0.594 bits per heavy atom. The summed E-state index contributed by atoms with van der Waals surface area (Å²) in [6.45, 7) is 15.1. The van der Waals surface area contributed by atoms with Crippen molar-refractivity contribution in [1.82, 2.24) is 0 Å². The Morgan fingerprint density at radius 1 is 0.500 bits per heavy atom. The van der Waals surface area contributed by atoms with Gasteiger partial charge in [0.25, 0.3) is 0 Å². The van der Waals surface area contributed by atoms with Crippen LogP contribution in [0.5, 0.6) is 0 Å². The molecule has 0 heterocycles. The van der Waals surface area contributed by atoms with E-state index in [-0.39, 0.29) is 54.0 Å². The zero-order valence-electron chi connectivity index (χ0n) is 21.3. The van der Waals surface area contributed by atoms with Gasteiger partial charge in [0.15, 0.2) is 0 Å². The van der Waals surface area contributed by atoms with Crippen molar-refractivity contribution < 1.29 is 45.0 Å². The summed E-state index contributed by atoms with van der Waals surface area (Å²) in [7, 11) is 0. The van der Waals surface area contributed by atoms with Crippen LogP contribution in [0.2, 0.25) is 0 Å². The summed E-state index contributed by atoms with van der Waals surface area (Å²) in [6.07, 6.45) is 1.30. The molecule has 0 atom stereocenters. The molecule has 0 saturated heterocycles. The van der Waals surface area contributed by atoms with Crippen LogP contribution in [-0.4, -0.2) is 70.9 Å². The molecule has 0 amide bonds. The van der Waals surface area contributed by atoms with Crippen LogP contribution >= 0.6 is 0 Å². The van der Waals surface area contributed by atoms with Gasteiger partial charge in [0.1, 0.15) is 0 Å². The van der Waals surface area contributed by atoms with Crippen molar-refractivity contribution >= 4 is 52.6 Å². The van der Waals surface area contributed by atoms with Crippen LogP contribution in [-0.2, 0) is 14.4 Å². The second-order valence-corrected chi connectivity index (χ2v) is 6.51. The Kier molecular flexibility index (Phi) is 79.4. The quantitative estimate of drug-likeness (QED) is 0.350. The molecule has 0 aliphatic heterocycles. The summed E-state index contributed by atoms with van der Waals surface area (Å²) in [5.74, 6) is -2.88. The number of carbonyl (C=O) groups is 3. The van der Waals surface area contributed by atoms with Gasteiger partial charge in [-0.05, 0) is 19.3 Å². The molecule has 0 aromatic rings. The van der Waals surface area contributed by atoms with Gasteiger partial charge in [-0.3, -0.25) is 0 Å². The fourth-order valence-electron chi connectivity index (χ4n) is 0.612. The number of carbonyl (C=O) groups excluding carboxylic acids is 3. The first-order chi connectivity index (χ1) is 13.5. The fourth-order valence-corrected chi connectivity index (χ4v) is 0.612. The van der Waals surface area contributed by atoms with E-state index in [0.29, 0.717) is 19.3 Å². The number of rotatable bonds is 6. The molecule has 0 spiro atoms. The van der Waals surface area contributed by atoms with Gasteiger partial charge in [-0.1, -0.05) is 81.6 Å². The molecule has 0 aliphatic rings. The standard InChI is InChI=1S/3C4H8O2.3C3H7O.2Al/c3*1-2-3-4(5)6;3*1-3(2)4;;/h3*2-3H2,1H3,(H,5,6);3*3H,1-2H3;;/q;;;3*-1;2*+3/p-3. The summed E-state index contributed by atoms with van der Waals surface area (Å²) < 4.78 is 0. The molecular formula is C21H42Al2O9. The monoisotopic (exact) mass is 492 g/mol. The maximum atomic E-state index is 9.53. The molecule has 32 heavy (non-hydrogen) atoms. The predicted molar refractivity (Wildman–Crippen MR) is 117 cm³/mol. The molecule has 0 unspecified atom stereocenters. The Hall–Kier alpha value is -0.645. The van der Waals surface area contributed by atoms with Crippen LogP contribution in [0.25, 0.3) is 0 Å². The summed E-state index contributed by atoms with van der Waals surface area (Å²) in [5.41, 5.74) is 0. The molecule has 0 saturated carbocycles. The largest absolute Gasteiger partial charge is 3.00 e. The summed E-state index contributed by atoms with van der Waals surface area (Å²) in [4.78, 5) is 28.5. The number of hydrogen-bond donors (Lipinski definition) is 0. The first kappa shape index (κ1) is 53.0. The Labute approximate surface area is 216 Å². The van der Waals surface area contributed by atoms with E-state index in [4.69, 9.17) is 0 Å². The summed E-state index contributed by atoms with van der Waals surface area (Å²) in [6, 6.07) is 0. The van der Waals surface area contributed by atoms with E-state index >= 15 is 0 Å². The van der Waals surface area contributed by atoms with Crippen molar-refractivity contribution in [3.8, 4) is 0 Å². The molecule has 11 heteroatoms. The molecule has 0 radical (unpaired) electrons. The molecule has 186 valence electrons. The number of aliphatic carboxylic acids is 3. The minimum Gasteiger partial charge on any atom is -0.852 e. The third-order valence-corrected chi connectivity index (χ3v) is 1.36. The van der Waals surface area contributed by atoms with E-state index in [9.17, 15) is 45.0 Å². The Balaban J connectivity index is -0.0000000359. The van der Waals surface area contributed by atoms with Crippen LogP contribution < -0.4 is 30.6 Å². The van der Waals surface area contributed by atoms with Crippen LogP contribution in [0.4, 0.5) is 0 Å². The van der Waals surface area contributed by atoms with Gasteiger partial charge >= 0.3 is 34.7 Å². The average molecular weight is 493 g/mol. The smallest absolute Gasteiger partial charge is 0.852 e. The average Bonchev–Trinajstić information content (AvgIpc) is 2.45. The van der Waals surface area contributed by atoms with Crippen molar-refractivity contribution in [2.45, 2.75) is 119 Å². The van der Waals surface area contributed by atoms with Gasteiger partial charge in [-0.2, -0.15) is 0 Å². The van der Waals surface area contributed by atoms with Crippen LogP contribution in [0, 0.1) is 0 Å². The second-order valence-electron chi connectivity index (χ2n) is 6.51. The van der Waals surface area contributed by atoms with Gasteiger partial charge in [0, 0.05) is 17.9 Å². The van der Waals surface area contributed by atoms with Crippen molar-refractivity contribution in [2.75, 3.05) is 0 Å². The van der Waals surface area contributed by atoms with E-state index in [1.54, 1.807) is 62.3 Å².